The number of fused-ring (bicyclic) bond motifs is 1. The van der Waals surface area contributed by atoms with Gasteiger partial charge in [0.05, 0.1) is 28.7 Å². The van der Waals surface area contributed by atoms with Crippen LogP contribution >= 0.6 is 11.3 Å². The summed E-state index contributed by atoms with van der Waals surface area (Å²) in [4.78, 5) is 17.0. The first-order valence-electron chi connectivity index (χ1n) is 9.57. The van der Waals surface area contributed by atoms with Crippen molar-refractivity contribution in [3.05, 3.63) is 51.7 Å². The molecule has 9 heteroatoms. The van der Waals surface area contributed by atoms with Crippen molar-refractivity contribution in [3.63, 3.8) is 0 Å². The number of aliphatic hydroxyl groups excluding tert-OH is 1. The molecule has 4 rings (SSSR count). The first-order valence-corrected chi connectivity index (χ1v) is 10.5. The molecule has 2 saturated heterocycles. The average Bonchev–Trinajstić information content (AvgIpc) is 3.40. The summed E-state index contributed by atoms with van der Waals surface area (Å²) in [5, 5.41) is 21.0. The Balaban J connectivity index is 1.58. The molecule has 0 aliphatic carbocycles. The minimum Gasteiger partial charge on any atom is -0.396 e. The van der Waals surface area contributed by atoms with E-state index in [1.54, 1.807) is 17.0 Å². The van der Waals surface area contributed by atoms with Crippen molar-refractivity contribution < 1.29 is 23.1 Å². The molecule has 2 aliphatic heterocycles. The zero-order valence-corrected chi connectivity index (χ0v) is 16.8. The minimum absolute atomic E-state index is 0.0484. The molecule has 2 atom stereocenters. The molecule has 0 radical (unpaired) electrons. The molecule has 2 fully saturated rings. The number of nitriles is 1. The summed E-state index contributed by atoms with van der Waals surface area (Å²) < 4.78 is 40.1. The molecule has 1 amide bonds. The third-order valence-electron chi connectivity index (χ3n) is 6.26. The van der Waals surface area contributed by atoms with Gasteiger partial charge in [0.1, 0.15) is 0 Å². The smallest absolute Gasteiger partial charge is 0.396 e. The summed E-state index contributed by atoms with van der Waals surface area (Å²) in [6.07, 6.45) is -4.03. The highest BCUT2D eigenvalue weighted by atomic mass is 32.1. The number of anilines is 1. The number of rotatable bonds is 3. The Bertz CT molecular complexity index is 986. The zero-order chi connectivity index (χ0) is 21.5. The van der Waals surface area contributed by atoms with E-state index in [1.807, 2.05) is 16.3 Å². The van der Waals surface area contributed by atoms with Crippen LogP contribution in [0, 0.1) is 22.7 Å². The van der Waals surface area contributed by atoms with Gasteiger partial charge in [0.15, 0.2) is 0 Å². The largest absolute Gasteiger partial charge is 0.417 e. The van der Waals surface area contributed by atoms with Crippen molar-refractivity contribution in [2.75, 3.05) is 37.7 Å². The molecule has 0 spiro atoms. The highest BCUT2D eigenvalue weighted by Gasteiger charge is 2.50. The maximum atomic E-state index is 13.4. The Hall–Kier alpha value is -2.57. The Labute approximate surface area is 175 Å². The van der Waals surface area contributed by atoms with E-state index in [1.165, 1.54) is 23.5 Å². The van der Waals surface area contributed by atoms with Gasteiger partial charge in [0, 0.05) is 43.2 Å². The number of nitrogens with zero attached hydrogens (tertiary/aromatic N) is 3. The van der Waals surface area contributed by atoms with Crippen molar-refractivity contribution >= 4 is 22.9 Å². The monoisotopic (exact) mass is 435 g/mol. The zero-order valence-electron chi connectivity index (χ0n) is 16.0. The predicted octanol–water partition coefficient (Wildman–Crippen LogP) is 3.60. The van der Waals surface area contributed by atoms with E-state index in [-0.39, 0.29) is 18.4 Å². The molecule has 1 aromatic carbocycles. The molecule has 0 saturated carbocycles. The summed E-state index contributed by atoms with van der Waals surface area (Å²) in [7, 11) is 0. The second-order valence-electron chi connectivity index (χ2n) is 7.92. The molecule has 30 heavy (non-hydrogen) atoms. The Morgan fingerprint density at radius 1 is 1.33 bits per heavy atom. The summed E-state index contributed by atoms with van der Waals surface area (Å²) in [6, 6.07) is 8.91. The maximum Gasteiger partial charge on any atom is 0.417 e. The molecule has 2 aliphatic rings. The van der Waals surface area contributed by atoms with E-state index in [0.29, 0.717) is 43.2 Å². The predicted molar refractivity (Wildman–Crippen MR) is 106 cm³/mol. The summed E-state index contributed by atoms with van der Waals surface area (Å²) >= 11 is 1.38. The van der Waals surface area contributed by atoms with E-state index >= 15 is 0 Å². The number of likely N-dealkylation sites (tertiary alicyclic amines) is 1. The SMILES string of the molecule is N#Cc1ccc(N2C[C@H]3CN(C(=O)c4cccs4)CC[C@@]3(CO)C2)cc1C(F)(F)F. The Morgan fingerprint density at radius 2 is 2.13 bits per heavy atom. The average molecular weight is 435 g/mol. The van der Waals surface area contributed by atoms with Crippen molar-refractivity contribution in [2.45, 2.75) is 12.6 Å². The highest BCUT2D eigenvalue weighted by Crippen LogP contribution is 2.45. The lowest BCUT2D eigenvalue weighted by molar-refractivity contribution is -0.137. The van der Waals surface area contributed by atoms with E-state index in [0.717, 1.165) is 6.07 Å². The lowest BCUT2D eigenvalue weighted by Crippen LogP contribution is -2.50. The summed E-state index contributed by atoms with van der Waals surface area (Å²) in [6.45, 7) is 1.73. The van der Waals surface area contributed by atoms with Crippen LogP contribution in [-0.4, -0.2) is 48.7 Å². The van der Waals surface area contributed by atoms with Crippen molar-refractivity contribution in [1.29, 1.82) is 5.26 Å². The topological polar surface area (TPSA) is 67.6 Å². The van der Waals surface area contributed by atoms with Gasteiger partial charge in [-0.2, -0.15) is 18.4 Å². The fraction of sp³-hybridized carbons (Fsp3) is 0.429. The highest BCUT2D eigenvalue weighted by molar-refractivity contribution is 7.12. The minimum atomic E-state index is -4.62. The van der Waals surface area contributed by atoms with Crippen LogP contribution in [0.3, 0.4) is 0 Å². The fourth-order valence-corrected chi connectivity index (χ4v) is 5.23. The molecule has 1 N–H and O–H groups in total. The molecular weight excluding hydrogens is 415 g/mol. The van der Waals surface area contributed by atoms with Gasteiger partial charge in [-0.15, -0.1) is 11.3 Å². The number of carbonyl (C=O) groups is 1. The van der Waals surface area contributed by atoms with Crippen LogP contribution in [0.4, 0.5) is 18.9 Å². The van der Waals surface area contributed by atoms with Gasteiger partial charge in [0.2, 0.25) is 0 Å². The van der Waals surface area contributed by atoms with Crippen LogP contribution in [-0.2, 0) is 6.18 Å². The molecule has 5 nitrogen and oxygen atoms in total. The third kappa shape index (κ3) is 3.55. The van der Waals surface area contributed by atoms with Crippen LogP contribution in [0.25, 0.3) is 0 Å². The molecule has 0 bridgehead atoms. The van der Waals surface area contributed by atoms with E-state index in [4.69, 9.17) is 5.26 Å². The number of carbonyl (C=O) groups excluding carboxylic acids is 1. The van der Waals surface area contributed by atoms with Gasteiger partial charge in [0.25, 0.3) is 5.91 Å². The lowest BCUT2D eigenvalue weighted by atomic mass is 9.73. The van der Waals surface area contributed by atoms with Gasteiger partial charge >= 0.3 is 6.18 Å². The van der Waals surface area contributed by atoms with Crippen molar-refractivity contribution in [1.82, 2.24) is 4.90 Å². The van der Waals surface area contributed by atoms with E-state index < -0.39 is 22.7 Å². The third-order valence-corrected chi connectivity index (χ3v) is 7.12. The number of piperidine rings is 1. The van der Waals surface area contributed by atoms with Crippen molar-refractivity contribution in [3.8, 4) is 6.07 Å². The molecular formula is C21H20F3N3O2S. The number of halogens is 3. The molecule has 3 heterocycles. The molecule has 0 unspecified atom stereocenters. The quantitative estimate of drug-likeness (QED) is 0.800. The number of aliphatic hydroxyl groups is 1. The van der Waals surface area contributed by atoms with Gasteiger partial charge in [-0.3, -0.25) is 4.79 Å². The van der Waals surface area contributed by atoms with Crippen molar-refractivity contribution in [2.24, 2.45) is 11.3 Å². The van der Waals surface area contributed by atoms with Gasteiger partial charge in [-0.05, 0) is 36.1 Å². The van der Waals surface area contributed by atoms with Gasteiger partial charge in [-0.25, -0.2) is 0 Å². The molecule has 158 valence electrons. The molecule has 2 aromatic rings. The number of amides is 1. The second-order valence-corrected chi connectivity index (χ2v) is 8.86. The van der Waals surface area contributed by atoms with E-state index in [9.17, 15) is 23.1 Å². The molecule has 1 aromatic heterocycles. The van der Waals surface area contributed by atoms with Gasteiger partial charge < -0.3 is 14.9 Å². The van der Waals surface area contributed by atoms with Crippen LogP contribution in [0.15, 0.2) is 35.7 Å². The van der Waals surface area contributed by atoms with Crippen LogP contribution < -0.4 is 4.90 Å². The lowest BCUT2D eigenvalue weighted by Gasteiger charge is -2.42. The number of hydrogen-bond donors (Lipinski definition) is 1. The maximum absolute atomic E-state index is 13.4. The van der Waals surface area contributed by atoms with Crippen LogP contribution in [0.5, 0.6) is 0 Å². The fourth-order valence-electron chi connectivity index (χ4n) is 4.54. The van der Waals surface area contributed by atoms with Crippen LogP contribution in [0.2, 0.25) is 0 Å². The normalized spacial score (nSPS) is 23.9. The first kappa shape index (κ1) is 20.7. The Morgan fingerprint density at radius 3 is 2.77 bits per heavy atom. The number of alkyl halides is 3. The van der Waals surface area contributed by atoms with Gasteiger partial charge in [-0.1, -0.05) is 6.07 Å². The second kappa shape index (κ2) is 7.60. The standard InChI is InChI=1S/C21H20F3N3O2S/c22-21(23,24)17-8-16(4-3-14(17)9-25)27-11-15-10-26(6-5-20(15,12-27)13-28)19(29)18-2-1-7-30-18/h1-4,7-8,15,28H,5-6,10-13H2/t15-,20+/m1/s1. The van der Waals surface area contributed by atoms with E-state index in [2.05, 4.69) is 0 Å². The van der Waals surface area contributed by atoms with Crippen LogP contribution in [0.1, 0.15) is 27.2 Å². The summed E-state index contributed by atoms with van der Waals surface area (Å²) in [5.74, 6) is -0.0992. The number of thiophene rings is 1. The number of benzene rings is 1. The number of hydrogen-bond acceptors (Lipinski definition) is 5. The summed E-state index contributed by atoms with van der Waals surface area (Å²) in [5.41, 5.74) is -1.45. The first-order chi connectivity index (χ1) is 14.3. The Kier molecular flexibility index (Phi) is 5.24.